The van der Waals surface area contributed by atoms with Gasteiger partial charge in [0.1, 0.15) is 0 Å². The van der Waals surface area contributed by atoms with E-state index in [-0.39, 0.29) is 5.43 Å². The molecule has 2 aromatic carbocycles. The van der Waals surface area contributed by atoms with Gasteiger partial charge in [0.2, 0.25) is 0 Å². The van der Waals surface area contributed by atoms with E-state index in [1.165, 1.54) is 6.07 Å². The molecule has 0 unspecified atom stereocenters. The van der Waals surface area contributed by atoms with E-state index in [0.29, 0.717) is 16.6 Å². The Morgan fingerprint density at radius 2 is 1.55 bits per heavy atom. The summed E-state index contributed by atoms with van der Waals surface area (Å²) in [5.74, 6) is 0. The van der Waals surface area contributed by atoms with Gasteiger partial charge in [-0.3, -0.25) is 4.79 Å². The Balaban J connectivity index is 2.34. The van der Waals surface area contributed by atoms with Crippen molar-refractivity contribution in [1.82, 2.24) is 4.73 Å². The molecule has 1 heterocycles. The summed E-state index contributed by atoms with van der Waals surface area (Å²) in [5, 5.41) is 12.8. The molecule has 0 saturated carbocycles. The number of hydrogen-bond donors (Lipinski definition) is 1. The smallest absolute Gasteiger partial charge is 0.188 e. The SMILES string of the molecule is O=c1cc2n(O)c3ccccc3cc-2c2ccccc12. The molecule has 0 saturated heterocycles. The second kappa shape index (κ2) is 3.84. The average molecular weight is 261 g/mol. The Bertz CT molecular complexity index is 985. The standard InChI is InChI=1S/C17H11NO2/c19-17-10-16-14(12-6-2-3-7-13(12)17)9-11-5-1-4-8-15(11)18(16)20/h1-10,20H. The second-order valence-electron chi connectivity index (χ2n) is 4.87. The predicted molar refractivity (Wildman–Crippen MR) is 79.5 cm³/mol. The Morgan fingerprint density at radius 3 is 2.40 bits per heavy atom. The Morgan fingerprint density at radius 1 is 0.850 bits per heavy atom. The molecule has 96 valence electrons. The molecule has 0 spiro atoms. The van der Waals surface area contributed by atoms with Crippen LogP contribution in [-0.2, 0) is 0 Å². The zero-order valence-corrected chi connectivity index (χ0v) is 10.6. The van der Waals surface area contributed by atoms with Crippen LogP contribution in [0.2, 0.25) is 0 Å². The highest BCUT2D eigenvalue weighted by atomic mass is 16.5. The summed E-state index contributed by atoms with van der Waals surface area (Å²) in [7, 11) is 0. The number of benzene rings is 3. The first-order valence-corrected chi connectivity index (χ1v) is 6.41. The maximum atomic E-state index is 12.2. The number of nitrogens with zero attached hydrogens (tertiary/aromatic N) is 1. The Labute approximate surface area is 114 Å². The van der Waals surface area contributed by atoms with Crippen LogP contribution in [0.15, 0.2) is 65.5 Å². The zero-order chi connectivity index (χ0) is 13.7. The number of pyridine rings is 1. The lowest BCUT2D eigenvalue weighted by atomic mass is 9.98. The van der Waals surface area contributed by atoms with E-state index in [1.54, 1.807) is 0 Å². The van der Waals surface area contributed by atoms with Crippen molar-refractivity contribution in [3.8, 4) is 11.3 Å². The summed E-state index contributed by atoms with van der Waals surface area (Å²) in [6, 6.07) is 18.5. The molecule has 3 nitrogen and oxygen atoms in total. The second-order valence-corrected chi connectivity index (χ2v) is 4.87. The van der Waals surface area contributed by atoms with E-state index < -0.39 is 0 Å². The van der Waals surface area contributed by atoms with Gasteiger partial charge in [-0.2, -0.15) is 4.73 Å². The van der Waals surface area contributed by atoms with Gasteiger partial charge < -0.3 is 5.21 Å². The summed E-state index contributed by atoms with van der Waals surface area (Å²) in [6.07, 6.45) is 0. The lowest BCUT2D eigenvalue weighted by Gasteiger charge is -2.15. The van der Waals surface area contributed by atoms with Crippen molar-refractivity contribution in [2.24, 2.45) is 0 Å². The molecule has 0 atom stereocenters. The van der Waals surface area contributed by atoms with Gasteiger partial charge in [-0.15, -0.1) is 0 Å². The number of para-hydroxylation sites is 1. The van der Waals surface area contributed by atoms with Gasteiger partial charge in [0, 0.05) is 22.4 Å². The molecule has 1 N–H and O–H groups in total. The summed E-state index contributed by atoms with van der Waals surface area (Å²) in [4.78, 5) is 12.2. The van der Waals surface area contributed by atoms with Crippen LogP contribution in [0.4, 0.5) is 0 Å². The molecule has 2 aliphatic rings. The summed E-state index contributed by atoms with van der Waals surface area (Å²) >= 11 is 0. The third-order valence-electron chi connectivity index (χ3n) is 3.72. The van der Waals surface area contributed by atoms with Crippen molar-refractivity contribution in [1.29, 1.82) is 0 Å². The van der Waals surface area contributed by atoms with Crippen molar-refractivity contribution < 1.29 is 5.21 Å². The van der Waals surface area contributed by atoms with Gasteiger partial charge in [0.05, 0.1) is 11.2 Å². The number of hydrogen-bond acceptors (Lipinski definition) is 2. The largest absolute Gasteiger partial charge is 0.428 e. The molecule has 3 heteroatoms. The predicted octanol–water partition coefficient (Wildman–Crippen LogP) is 3.50. The number of rotatable bonds is 0. The molecule has 0 bridgehead atoms. The first-order chi connectivity index (χ1) is 9.75. The monoisotopic (exact) mass is 261 g/mol. The van der Waals surface area contributed by atoms with Gasteiger partial charge in [0.25, 0.3) is 0 Å². The van der Waals surface area contributed by atoms with Crippen LogP contribution >= 0.6 is 0 Å². The van der Waals surface area contributed by atoms with Crippen molar-refractivity contribution in [3.05, 3.63) is 70.9 Å². The van der Waals surface area contributed by atoms with Gasteiger partial charge in [0.15, 0.2) is 5.43 Å². The lowest BCUT2D eigenvalue weighted by Crippen LogP contribution is -2.08. The van der Waals surface area contributed by atoms with Crippen molar-refractivity contribution in [3.63, 3.8) is 0 Å². The van der Waals surface area contributed by atoms with Crippen LogP contribution in [0, 0.1) is 0 Å². The van der Waals surface area contributed by atoms with E-state index in [4.69, 9.17) is 0 Å². The van der Waals surface area contributed by atoms with E-state index >= 15 is 0 Å². The summed E-state index contributed by atoms with van der Waals surface area (Å²) in [6.45, 7) is 0. The molecule has 2 aromatic rings. The van der Waals surface area contributed by atoms with E-state index in [9.17, 15) is 10.0 Å². The zero-order valence-electron chi connectivity index (χ0n) is 10.6. The molecule has 0 aromatic heterocycles. The van der Waals surface area contributed by atoms with Crippen LogP contribution in [0.5, 0.6) is 0 Å². The average Bonchev–Trinajstić information content (AvgIpc) is 2.49. The summed E-state index contributed by atoms with van der Waals surface area (Å²) in [5.41, 5.74) is 2.02. The molecule has 0 radical (unpaired) electrons. The number of fused-ring (bicyclic) bond motifs is 4. The maximum absolute atomic E-state index is 12.2. The van der Waals surface area contributed by atoms with Crippen molar-refractivity contribution >= 4 is 21.7 Å². The van der Waals surface area contributed by atoms with Gasteiger partial charge in [-0.1, -0.05) is 42.5 Å². The fourth-order valence-electron chi connectivity index (χ4n) is 2.77. The Kier molecular flexibility index (Phi) is 2.12. The lowest BCUT2D eigenvalue weighted by molar-refractivity contribution is 0.203. The normalized spacial score (nSPS) is 11.4. The molecule has 0 amide bonds. The van der Waals surface area contributed by atoms with Crippen LogP contribution < -0.4 is 5.43 Å². The van der Waals surface area contributed by atoms with Crippen molar-refractivity contribution in [2.75, 3.05) is 0 Å². The first kappa shape index (κ1) is 11.1. The summed E-state index contributed by atoms with van der Waals surface area (Å²) < 4.78 is 1.10. The van der Waals surface area contributed by atoms with Crippen LogP contribution in [0.25, 0.3) is 32.9 Å². The molecule has 4 rings (SSSR count). The fraction of sp³-hybridized carbons (Fsp3) is 0. The minimum absolute atomic E-state index is 0.0776. The van der Waals surface area contributed by atoms with Gasteiger partial charge >= 0.3 is 0 Å². The van der Waals surface area contributed by atoms with Crippen LogP contribution in [-0.4, -0.2) is 9.94 Å². The fourth-order valence-corrected chi connectivity index (χ4v) is 2.77. The minimum atomic E-state index is -0.0776. The molecule has 1 aliphatic heterocycles. The highest BCUT2D eigenvalue weighted by molar-refractivity contribution is 6.00. The molecule has 20 heavy (non-hydrogen) atoms. The van der Waals surface area contributed by atoms with E-state index in [0.717, 1.165) is 21.1 Å². The van der Waals surface area contributed by atoms with Crippen molar-refractivity contribution in [2.45, 2.75) is 0 Å². The topological polar surface area (TPSA) is 42.2 Å². The van der Waals surface area contributed by atoms with E-state index in [2.05, 4.69) is 0 Å². The molecular weight excluding hydrogens is 250 g/mol. The molecular formula is C17H11NO2. The Hall–Kier alpha value is -2.81. The first-order valence-electron chi connectivity index (χ1n) is 6.41. The van der Waals surface area contributed by atoms with Gasteiger partial charge in [-0.25, -0.2) is 0 Å². The van der Waals surface area contributed by atoms with Gasteiger partial charge in [-0.05, 0) is 17.5 Å². The van der Waals surface area contributed by atoms with Crippen LogP contribution in [0.3, 0.4) is 0 Å². The molecule has 0 fully saturated rings. The van der Waals surface area contributed by atoms with Crippen LogP contribution in [0.1, 0.15) is 0 Å². The van der Waals surface area contributed by atoms with E-state index in [1.807, 2.05) is 54.6 Å². The molecule has 1 aliphatic carbocycles. The third kappa shape index (κ3) is 1.37. The minimum Gasteiger partial charge on any atom is -0.428 e. The number of aromatic nitrogens is 1. The highest BCUT2D eigenvalue weighted by Gasteiger charge is 2.15. The quantitative estimate of drug-likeness (QED) is 0.299. The maximum Gasteiger partial charge on any atom is 0.188 e. The highest BCUT2D eigenvalue weighted by Crippen LogP contribution is 2.31. The third-order valence-corrected chi connectivity index (χ3v) is 3.72.